The van der Waals surface area contributed by atoms with Crippen molar-refractivity contribution in [2.24, 2.45) is 0 Å². The van der Waals surface area contributed by atoms with Crippen LogP contribution in [0.5, 0.6) is 0 Å². The van der Waals surface area contributed by atoms with Gasteiger partial charge in [-0.05, 0) is 31.8 Å². The minimum absolute atomic E-state index is 0.00201. The van der Waals surface area contributed by atoms with Gasteiger partial charge in [0, 0.05) is 13.1 Å². The topological polar surface area (TPSA) is 86.7 Å². The molecule has 0 aliphatic rings. The van der Waals surface area contributed by atoms with Crippen molar-refractivity contribution in [3.8, 4) is 0 Å². The van der Waals surface area contributed by atoms with Crippen molar-refractivity contribution in [2.45, 2.75) is 11.8 Å². The number of carboxylic acids is 1. The Bertz CT molecular complexity index is 589. The summed E-state index contributed by atoms with van der Waals surface area (Å²) in [5, 5.41) is 8.93. The van der Waals surface area contributed by atoms with E-state index in [1.54, 1.807) is 0 Å². The zero-order valence-corrected chi connectivity index (χ0v) is 12.8. The number of aromatic carboxylic acids is 1. The molecule has 0 aliphatic heterocycles. The Balaban J connectivity index is 2.88. The highest BCUT2D eigenvalue weighted by Crippen LogP contribution is 2.20. The maximum atomic E-state index is 12.0. The second-order valence-corrected chi connectivity index (χ2v) is 6.41. The van der Waals surface area contributed by atoms with Crippen molar-refractivity contribution in [2.75, 3.05) is 26.7 Å². The first-order chi connectivity index (χ1) is 9.27. The normalized spacial score (nSPS) is 11.8. The number of carbonyl (C=O) groups is 1. The minimum Gasteiger partial charge on any atom is -0.478 e. The number of halogens is 1. The largest absolute Gasteiger partial charge is 0.478 e. The number of likely N-dealkylation sites (N-methyl/N-ethyl adjacent to an activating group) is 1. The van der Waals surface area contributed by atoms with Crippen LogP contribution in [0.3, 0.4) is 0 Å². The van der Waals surface area contributed by atoms with Gasteiger partial charge in [0.1, 0.15) is 0 Å². The Kier molecular flexibility index (Phi) is 5.94. The molecule has 1 aromatic rings. The molecule has 0 atom stereocenters. The third-order valence-corrected chi connectivity index (χ3v) is 4.59. The molecule has 6 nitrogen and oxygen atoms in total. The molecule has 1 aromatic carbocycles. The summed E-state index contributed by atoms with van der Waals surface area (Å²) in [5.41, 5.74) is -0.236. The summed E-state index contributed by atoms with van der Waals surface area (Å²) in [6.07, 6.45) is 0. The molecule has 1 rings (SSSR count). The molecule has 20 heavy (non-hydrogen) atoms. The molecule has 0 fully saturated rings. The predicted molar refractivity (Wildman–Crippen MR) is 76.8 cm³/mol. The number of hydrogen-bond acceptors (Lipinski definition) is 4. The van der Waals surface area contributed by atoms with Gasteiger partial charge in [0.15, 0.2) is 0 Å². The number of hydrogen-bond donors (Lipinski definition) is 2. The smallest absolute Gasteiger partial charge is 0.337 e. The van der Waals surface area contributed by atoms with Gasteiger partial charge < -0.3 is 10.0 Å². The van der Waals surface area contributed by atoms with E-state index in [0.29, 0.717) is 6.54 Å². The lowest BCUT2D eigenvalue weighted by molar-refractivity contribution is 0.0697. The van der Waals surface area contributed by atoms with Crippen molar-refractivity contribution >= 4 is 27.6 Å². The van der Waals surface area contributed by atoms with Gasteiger partial charge >= 0.3 is 5.97 Å². The predicted octanol–water partition coefficient (Wildman–Crippen LogP) is 1.27. The van der Waals surface area contributed by atoms with Gasteiger partial charge in [0.25, 0.3) is 0 Å². The van der Waals surface area contributed by atoms with Crippen LogP contribution < -0.4 is 4.72 Å². The highest BCUT2D eigenvalue weighted by molar-refractivity contribution is 7.89. The Morgan fingerprint density at radius 3 is 2.65 bits per heavy atom. The maximum Gasteiger partial charge on any atom is 0.337 e. The molecule has 2 N–H and O–H groups in total. The first-order valence-electron chi connectivity index (χ1n) is 5.99. The lowest BCUT2D eigenvalue weighted by Gasteiger charge is -2.14. The summed E-state index contributed by atoms with van der Waals surface area (Å²) in [6.45, 7) is 3.59. The van der Waals surface area contributed by atoms with E-state index in [2.05, 4.69) is 4.72 Å². The molecule has 0 aliphatic carbocycles. The van der Waals surface area contributed by atoms with E-state index in [1.165, 1.54) is 12.1 Å². The molecular formula is C12H17ClN2O4S. The number of sulfonamides is 1. The number of rotatable bonds is 7. The standard InChI is InChI=1S/C12H17ClN2O4S/c1-3-15(2)7-6-14-20(18,19)9-4-5-11(13)10(8-9)12(16)17/h4-5,8,14H,3,6-7H2,1-2H3,(H,16,17). The van der Waals surface area contributed by atoms with E-state index in [9.17, 15) is 13.2 Å². The first-order valence-corrected chi connectivity index (χ1v) is 7.85. The average molecular weight is 321 g/mol. The van der Waals surface area contributed by atoms with E-state index < -0.39 is 16.0 Å². The summed E-state index contributed by atoms with van der Waals surface area (Å²) < 4.78 is 26.5. The summed E-state index contributed by atoms with van der Waals surface area (Å²) in [4.78, 5) is 12.8. The van der Waals surface area contributed by atoms with Crippen molar-refractivity contribution in [1.82, 2.24) is 9.62 Å². The van der Waals surface area contributed by atoms with Crippen LogP contribution in [0.1, 0.15) is 17.3 Å². The maximum absolute atomic E-state index is 12.0. The highest BCUT2D eigenvalue weighted by Gasteiger charge is 2.18. The second-order valence-electron chi connectivity index (χ2n) is 4.24. The molecule has 0 unspecified atom stereocenters. The Labute approximate surface area is 123 Å². The van der Waals surface area contributed by atoms with Gasteiger partial charge in [0.2, 0.25) is 10.0 Å². The Morgan fingerprint density at radius 2 is 2.10 bits per heavy atom. The summed E-state index contributed by atoms with van der Waals surface area (Å²) in [5.74, 6) is -1.27. The van der Waals surface area contributed by atoms with Crippen LogP contribution in [0.15, 0.2) is 23.1 Å². The lowest BCUT2D eigenvalue weighted by Crippen LogP contribution is -2.33. The monoisotopic (exact) mass is 320 g/mol. The fraction of sp³-hybridized carbons (Fsp3) is 0.417. The van der Waals surface area contributed by atoms with Crippen LogP contribution in [0.4, 0.5) is 0 Å². The summed E-state index contributed by atoms with van der Waals surface area (Å²) in [7, 11) is -1.86. The van der Waals surface area contributed by atoms with Crippen molar-refractivity contribution in [3.63, 3.8) is 0 Å². The molecule has 0 radical (unpaired) electrons. The van der Waals surface area contributed by atoms with Gasteiger partial charge in [-0.3, -0.25) is 0 Å². The molecule has 0 amide bonds. The highest BCUT2D eigenvalue weighted by atomic mass is 35.5. The second kappa shape index (κ2) is 7.03. The van der Waals surface area contributed by atoms with Gasteiger partial charge in [0.05, 0.1) is 15.5 Å². The number of benzene rings is 1. The van der Waals surface area contributed by atoms with Crippen molar-refractivity contribution in [1.29, 1.82) is 0 Å². The molecule has 0 saturated heterocycles. The quantitative estimate of drug-likeness (QED) is 0.790. The molecule has 0 heterocycles. The fourth-order valence-corrected chi connectivity index (χ4v) is 2.69. The third-order valence-electron chi connectivity index (χ3n) is 2.80. The molecule has 0 saturated carbocycles. The third kappa shape index (κ3) is 4.45. The molecule has 8 heteroatoms. The van der Waals surface area contributed by atoms with Gasteiger partial charge in [-0.25, -0.2) is 17.9 Å². The van der Waals surface area contributed by atoms with Crippen LogP contribution in [0.25, 0.3) is 0 Å². The van der Waals surface area contributed by atoms with Crippen LogP contribution >= 0.6 is 11.6 Å². The van der Waals surface area contributed by atoms with Gasteiger partial charge in [-0.2, -0.15) is 0 Å². The molecule has 0 bridgehead atoms. The lowest BCUT2D eigenvalue weighted by atomic mass is 10.2. The van der Waals surface area contributed by atoms with E-state index in [-0.39, 0.29) is 22.0 Å². The zero-order chi connectivity index (χ0) is 15.3. The average Bonchev–Trinajstić information content (AvgIpc) is 2.38. The van der Waals surface area contributed by atoms with Crippen LogP contribution in [0, 0.1) is 0 Å². The van der Waals surface area contributed by atoms with Crippen LogP contribution in [-0.4, -0.2) is 51.1 Å². The number of nitrogens with zero attached hydrogens (tertiary/aromatic N) is 1. The van der Waals surface area contributed by atoms with Crippen molar-refractivity contribution in [3.05, 3.63) is 28.8 Å². The van der Waals surface area contributed by atoms with E-state index in [1.807, 2.05) is 18.9 Å². The zero-order valence-electron chi connectivity index (χ0n) is 11.3. The van der Waals surface area contributed by atoms with Crippen LogP contribution in [-0.2, 0) is 10.0 Å². The first kappa shape index (κ1) is 16.9. The summed E-state index contributed by atoms with van der Waals surface area (Å²) in [6, 6.07) is 3.59. The molecule has 112 valence electrons. The van der Waals surface area contributed by atoms with Crippen molar-refractivity contribution < 1.29 is 18.3 Å². The van der Waals surface area contributed by atoms with E-state index in [4.69, 9.17) is 16.7 Å². The Morgan fingerprint density at radius 1 is 1.45 bits per heavy atom. The SMILES string of the molecule is CCN(C)CCNS(=O)(=O)c1ccc(Cl)c(C(=O)O)c1. The molecule has 0 spiro atoms. The fourth-order valence-electron chi connectivity index (χ4n) is 1.45. The van der Waals surface area contributed by atoms with Gasteiger partial charge in [-0.1, -0.05) is 18.5 Å². The minimum atomic E-state index is -3.74. The van der Waals surface area contributed by atoms with E-state index >= 15 is 0 Å². The van der Waals surface area contributed by atoms with Crippen LogP contribution in [0.2, 0.25) is 5.02 Å². The summed E-state index contributed by atoms with van der Waals surface area (Å²) >= 11 is 5.70. The molecule has 0 aromatic heterocycles. The number of carboxylic acid groups (broad SMARTS) is 1. The van der Waals surface area contributed by atoms with Gasteiger partial charge in [-0.15, -0.1) is 0 Å². The van der Waals surface area contributed by atoms with E-state index in [0.717, 1.165) is 12.6 Å². The molecular weight excluding hydrogens is 304 g/mol. The Hall–Kier alpha value is -1.15. The number of nitrogens with one attached hydrogen (secondary N) is 1.